The lowest BCUT2D eigenvalue weighted by Gasteiger charge is -2.03. The Kier molecular flexibility index (Phi) is 3.69. The molecule has 1 heterocycles. The van der Waals surface area contributed by atoms with Crippen molar-refractivity contribution in [1.82, 2.24) is 9.97 Å². The topological polar surface area (TPSA) is 25.8 Å². The van der Waals surface area contributed by atoms with Crippen LogP contribution in [-0.4, -0.2) is 9.97 Å². The Morgan fingerprint density at radius 2 is 1.82 bits per heavy atom. The van der Waals surface area contributed by atoms with Gasteiger partial charge in [-0.05, 0) is 55.1 Å². The summed E-state index contributed by atoms with van der Waals surface area (Å²) < 4.78 is 12.7. The van der Waals surface area contributed by atoms with Crippen LogP contribution in [0.2, 0.25) is 5.28 Å². The molecule has 17 heavy (non-hydrogen) atoms. The van der Waals surface area contributed by atoms with Crippen molar-refractivity contribution in [2.45, 2.75) is 19.8 Å². The number of nitrogens with zero attached hydrogens (tertiary/aromatic N) is 2. The summed E-state index contributed by atoms with van der Waals surface area (Å²) in [7, 11) is 0. The van der Waals surface area contributed by atoms with E-state index in [-0.39, 0.29) is 11.1 Å². The van der Waals surface area contributed by atoms with Gasteiger partial charge in [-0.15, -0.1) is 0 Å². The van der Waals surface area contributed by atoms with E-state index < -0.39 is 0 Å². The van der Waals surface area contributed by atoms with E-state index >= 15 is 0 Å². The second-order valence-electron chi connectivity index (χ2n) is 3.90. The minimum Gasteiger partial charge on any atom is -0.223 e. The largest absolute Gasteiger partial charge is 0.223 e. The second kappa shape index (κ2) is 5.23. The van der Waals surface area contributed by atoms with Crippen molar-refractivity contribution in [3.8, 4) is 0 Å². The molecule has 1 aromatic heterocycles. The molecule has 0 aliphatic carbocycles. The molecule has 0 unspecified atom stereocenters. The molecule has 88 valence electrons. The van der Waals surface area contributed by atoms with E-state index in [1.54, 1.807) is 12.1 Å². The van der Waals surface area contributed by atoms with Crippen molar-refractivity contribution in [3.63, 3.8) is 0 Å². The molecule has 0 atom stereocenters. The summed E-state index contributed by atoms with van der Waals surface area (Å²) in [5.74, 6) is -0.213. The van der Waals surface area contributed by atoms with Gasteiger partial charge in [0.15, 0.2) is 0 Å². The Hall–Kier alpha value is -1.48. The van der Waals surface area contributed by atoms with Crippen LogP contribution in [0.4, 0.5) is 4.39 Å². The maximum Gasteiger partial charge on any atom is 0.222 e. The highest BCUT2D eigenvalue weighted by molar-refractivity contribution is 6.28. The van der Waals surface area contributed by atoms with Gasteiger partial charge in [0.05, 0.1) is 0 Å². The Labute approximate surface area is 104 Å². The first kappa shape index (κ1) is 12.0. The third kappa shape index (κ3) is 3.49. The summed E-state index contributed by atoms with van der Waals surface area (Å²) in [6.07, 6.45) is 1.59. The molecule has 2 rings (SSSR count). The maximum absolute atomic E-state index is 12.7. The molecule has 0 saturated heterocycles. The highest BCUT2D eigenvalue weighted by Crippen LogP contribution is 2.10. The molecular formula is C13H12ClFN2. The standard InChI is InChI=1S/C13H12ClFN2/c1-9-8-12(17-13(14)16-9)7-4-10-2-5-11(15)6-3-10/h2-3,5-6,8H,4,7H2,1H3. The van der Waals surface area contributed by atoms with Gasteiger partial charge in [-0.25, -0.2) is 14.4 Å². The van der Waals surface area contributed by atoms with Crippen molar-refractivity contribution in [2.24, 2.45) is 0 Å². The van der Waals surface area contributed by atoms with Crippen LogP contribution in [0, 0.1) is 12.7 Å². The average molecular weight is 251 g/mol. The van der Waals surface area contributed by atoms with E-state index in [0.29, 0.717) is 0 Å². The number of halogens is 2. The van der Waals surface area contributed by atoms with Crippen LogP contribution in [0.3, 0.4) is 0 Å². The van der Waals surface area contributed by atoms with Crippen molar-refractivity contribution in [2.75, 3.05) is 0 Å². The molecule has 0 amide bonds. The molecule has 0 bridgehead atoms. The summed E-state index contributed by atoms with van der Waals surface area (Å²) >= 11 is 5.78. The lowest BCUT2D eigenvalue weighted by molar-refractivity contribution is 0.627. The molecule has 2 aromatic rings. The fourth-order valence-corrected chi connectivity index (χ4v) is 1.89. The average Bonchev–Trinajstić information content (AvgIpc) is 2.27. The van der Waals surface area contributed by atoms with Crippen LogP contribution in [0.5, 0.6) is 0 Å². The number of hydrogen-bond acceptors (Lipinski definition) is 2. The minimum atomic E-state index is -0.213. The molecule has 4 heteroatoms. The van der Waals surface area contributed by atoms with Gasteiger partial charge >= 0.3 is 0 Å². The monoisotopic (exact) mass is 250 g/mol. The lowest BCUT2D eigenvalue weighted by atomic mass is 10.1. The normalized spacial score (nSPS) is 10.5. The highest BCUT2D eigenvalue weighted by Gasteiger charge is 2.01. The van der Waals surface area contributed by atoms with E-state index in [2.05, 4.69) is 9.97 Å². The Bertz CT molecular complexity index is 491. The van der Waals surface area contributed by atoms with Gasteiger partial charge in [0.1, 0.15) is 5.82 Å². The molecule has 0 aliphatic rings. The Balaban J connectivity index is 2.04. The Morgan fingerprint density at radius 3 is 2.47 bits per heavy atom. The second-order valence-corrected chi connectivity index (χ2v) is 4.23. The zero-order valence-corrected chi connectivity index (χ0v) is 10.2. The SMILES string of the molecule is Cc1cc(CCc2ccc(F)cc2)nc(Cl)n1. The Morgan fingerprint density at radius 1 is 1.12 bits per heavy atom. The first-order valence-electron chi connectivity index (χ1n) is 5.38. The maximum atomic E-state index is 12.7. The van der Waals surface area contributed by atoms with Gasteiger partial charge < -0.3 is 0 Å². The smallest absolute Gasteiger partial charge is 0.222 e. The van der Waals surface area contributed by atoms with Gasteiger partial charge in [-0.2, -0.15) is 0 Å². The van der Waals surface area contributed by atoms with E-state index in [9.17, 15) is 4.39 Å². The van der Waals surface area contributed by atoms with Crippen LogP contribution in [0.1, 0.15) is 17.0 Å². The van der Waals surface area contributed by atoms with E-state index in [0.717, 1.165) is 29.8 Å². The van der Waals surface area contributed by atoms with Crippen molar-refractivity contribution in [1.29, 1.82) is 0 Å². The van der Waals surface area contributed by atoms with Crippen molar-refractivity contribution in [3.05, 3.63) is 58.4 Å². The fraction of sp³-hybridized carbons (Fsp3) is 0.231. The summed E-state index contributed by atoms with van der Waals surface area (Å²) in [5.41, 5.74) is 2.85. The van der Waals surface area contributed by atoms with Crippen LogP contribution >= 0.6 is 11.6 Å². The lowest BCUT2D eigenvalue weighted by Crippen LogP contribution is -1.98. The van der Waals surface area contributed by atoms with Crippen LogP contribution in [0.15, 0.2) is 30.3 Å². The molecule has 2 nitrogen and oxygen atoms in total. The summed E-state index contributed by atoms with van der Waals surface area (Å²) in [6, 6.07) is 8.41. The molecule has 0 aliphatic heterocycles. The van der Waals surface area contributed by atoms with Crippen LogP contribution in [0.25, 0.3) is 0 Å². The van der Waals surface area contributed by atoms with E-state index in [4.69, 9.17) is 11.6 Å². The summed E-state index contributed by atoms with van der Waals surface area (Å²) in [5, 5.41) is 0.277. The zero-order valence-electron chi connectivity index (χ0n) is 9.45. The molecule has 1 aromatic carbocycles. The number of benzene rings is 1. The third-order valence-corrected chi connectivity index (χ3v) is 2.63. The molecule has 0 fully saturated rings. The predicted molar refractivity (Wildman–Crippen MR) is 65.6 cm³/mol. The predicted octanol–water partition coefficient (Wildman–Crippen LogP) is 3.36. The molecule has 0 N–H and O–H groups in total. The van der Waals surface area contributed by atoms with Gasteiger partial charge in [-0.3, -0.25) is 0 Å². The number of aromatic nitrogens is 2. The van der Waals surface area contributed by atoms with Crippen LogP contribution in [-0.2, 0) is 12.8 Å². The first-order valence-corrected chi connectivity index (χ1v) is 5.76. The highest BCUT2D eigenvalue weighted by atomic mass is 35.5. The number of rotatable bonds is 3. The quantitative estimate of drug-likeness (QED) is 0.781. The first-order chi connectivity index (χ1) is 8.13. The minimum absolute atomic E-state index is 0.213. The van der Waals surface area contributed by atoms with Gasteiger partial charge in [0, 0.05) is 11.4 Å². The fourth-order valence-electron chi connectivity index (χ4n) is 1.65. The number of aryl methyl sites for hydroxylation is 3. The van der Waals surface area contributed by atoms with Gasteiger partial charge in [0.2, 0.25) is 5.28 Å². The molecule has 0 spiro atoms. The number of hydrogen-bond donors (Lipinski definition) is 0. The van der Waals surface area contributed by atoms with Crippen LogP contribution < -0.4 is 0 Å². The third-order valence-electron chi connectivity index (χ3n) is 2.46. The summed E-state index contributed by atoms with van der Waals surface area (Å²) in [4.78, 5) is 8.15. The van der Waals surface area contributed by atoms with E-state index in [1.807, 2.05) is 13.0 Å². The molecule has 0 radical (unpaired) electrons. The molecular weight excluding hydrogens is 239 g/mol. The van der Waals surface area contributed by atoms with Gasteiger partial charge in [0.25, 0.3) is 0 Å². The van der Waals surface area contributed by atoms with Crippen molar-refractivity contribution >= 4 is 11.6 Å². The van der Waals surface area contributed by atoms with Gasteiger partial charge in [-0.1, -0.05) is 12.1 Å². The zero-order chi connectivity index (χ0) is 12.3. The molecule has 0 saturated carbocycles. The summed E-state index contributed by atoms with van der Waals surface area (Å²) in [6.45, 7) is 1.88. The van der Waals surface area contributed by atoms with E-state index in [1.165, 1.54) is 12.1 Å². The van der Waals surface area contributed by atoms with Crippen molar-refractivity contribution < 1.29 is 4.39 Å².